The van der Waals surface area contributed by atoms with Gasteiger partial charge in [0.2, 0.25) is 5.91 Å². The van der Waals surface area contributed by atoms with E-state index in [1.165, 1.54) is 12.7 Å². The Morgan fingerprint density at radius 2 is 1.82 bits per heavy atom. The van der Waals surface area contributed by atoms with Gasteiger partial charge in [-0.3, -0.25) is 4.79 Å². The van der Waals surface area contributed by atoms with Crippen molar-refractivity contribution in [3.63, 3.8) is 0 Å². The molecule has 0 heterocycles. The molecule has 1 fully saturated rings. The summed E-state index contributed by atoms with van der Waals surface area (Å²) in [6, 6.07) is 7.57. The van der Waals surface area contributed by atoms with Crippen molar-refractivity contribution in [3.8, 4) is 0 Å². The Morgan fingerprint density at radius 3 is 2.27 bits per heavy atom. The molecule has 1 aliphatic carbocycles. The van der Waals surface area contributed by atoms with Gasteiger partial charge < -0.3 is 10.1 Å². The van der Waals surface area contributed by atoms with Crippen LogP contribution in [-0.2, 0) is 26.2 Å². The third-order valence-electron chi connectivity index (χ3n) is 4.01. The molecule has 0 bridgehead atoms. The van der Waals surface area contributed by atoms with E-state index in [-0.39, 0.29) is 17.2 Å². The van der Waals surface area contributed by atoms with Crippen LogP contribution in [0.5, 0.6) is 0 Å². The minimum absolute atomic E-state index is 0.0401. The van der Waals surface area contributed by atoms with Crippen LogP contribution in [0.15, 0.2) is 24.3 Å². The molecule has 0 spiro atoms. The van der Waals surface area contributed by atoms with Crippen molar-refractivity contribution in [1.29, 1.82) is 0 Å². The molecule has 2 rings (SSSR count). The molecule has 1 aromatic carbocycles. The lowest BCUT2D eigenvalue weighted by atomic mass is 9.86. The van der Waals surface area contributed by atoms with Crippen LogP contribution in [0.25, 0.3) is 0 Å². The minimum atomic E-state index is -0.612. The highest BCUT2D eigenvalue weighted by molar-refractivity contribution is 5.87. The summed E-state index contributed by atoms with van der Waals surface area (Å²) < 4.78 is 4.81. The summed E-state index contributed by atoms with van der Waals surface area (Å²) >= 11 is 0. The van der Waals surface area contributed by atoms with E-state index >= 15 is 0 Å². The van der Waals surface area contributed by atoms with E-state index in [1.807, 2.05) is 12.1 Å². The molecule has 1 saturated carbocycles. The van der Waals surface area contributed by atoms with Gasteiger partial charge in [-0.2, -0.15) is 0 Å². The molecule has 22 heavy (non-hydrogen) atoms. The number of benzene rings is 1. The Morgan fingerprint density at radius 1 is 1.23 bits per heavy atom. The monoisotopic (exact) mass is 303 g/mol. The molecule has 1 atom stereocenters. The Labute approximate surface area is 132 Å². The molecule has 1 aliphatic rings. The minimum Gasteiger partial charge on any atom is -0.467 e. The first kappa shape index (κ1) is 16.5. The Bertz CT molecular complexity index is 538. The maximum Gasteiger partial charge on any atom is 0.328 e. The van der Waals surface area contributed by atoms with Gasteiger partial charge in [-0.1, -0.05) is 45.0 Å². The lowest BCUT2D eigenvalue weighted by molar-refractivity contribution is -0.145. The molecule has 0 radical (unpaired) electrons. The number of methoxy groups -OCH3 is 1. The van der Waals surface area contributed by atoms with Crippen LogP contribution in [0, 0.1) is 5.92 Å². The van der Waals surface area contributed by atoms with Gasteiger partial charge in [0.05, 0.1) is 7.11 Å². The summed E-state index contributed by atoms with van der Waals surface area (Å²) in [5.74, 6) is -0.356. The van der Waals surface area contributed by atoms with Gasteiger partial charge in [0.25, 0.3) is 0 Å². The fraction of sp³-hybridized carbons (Fsp3) is 0.556. The van der Waals surface area contributed by atoms with E-state index in [4.69, 9.17) is 4.74 Å². The third-order valence-corrected chi connectivity index (χ3v) is 4.01. The van der Waals surface area contributed by atoms with E-state index in [0.717, 1.165) is 18.4 Å². The molecule has 1 amide bonds. The number of hydrogen-bond donors (Lipinski definition) is 1. The fourth-order valence-electron chi connectivity index (χ4n) is 2.35. The van der Waals surface area contributed by atoms with Crippen LogP contribution in [0.4, 0.5) is 0 Å². The summed E-state index contributed by atoms with van der Waals surface area (Å²) in [6.07, 6.45) is 2.29. The zero-order valence-corrected chi connectivity index (χ0v) is 13.8. The van der Waals surface area contributed by atoms with Gasteiger partial charge in [0.1, 0.15) is 6.04 Å². The predicted octanol–water partition coefficient (Wildman–Crippen LogP) is 2.59. The number of ether oxygens (including phenoxy) is 1. The second-order valence-corrected chi connectivity index (χ2v) is 7.01. The molecule has 4 nitrogen and oxygen atoms in total. The third kappa shape index (κ3) is 4.33. The molecular weight excluding hydrogens is 278 g/mol. The molecule has 0 saturated heterocycles. The summed E-state index contributed by atoms with van der Waals surface area (Å²) in [5, 5.41) is 2.81. The van der Waals surface area contributed by atoms with Crippen molar-refractivity contribution in [2.45, 2.75) is 51.5 Å². The van der Waals surface area contributed by atoms with Crippen molar-refractivity contribution >= 4 is 11.9 Å². The highest BCUT2D eigenvalue weighted by atomic mass is 16.5. The van der Waals surface area contributed by atoms with Crippen LogP contribution < -0.4 is 5.32 Å². The average Bonchev–Trinajstić information content (AvgIpc) is 3.30. The van der Waals surface area contributed by atoms with Crippen LogP contribution in [0.1, 0.15) is 44.7 Å². The number of hydrogen-bond acceptors (Lipinski definition) is 3. The van der Waals surface area contributed by atoms with E-state index in [9.17, 15) is 9.59 Å². The quantitative estimate of drug-likeness (QED) is 0.851. The number of esters is 1. The lowest BCUT2D eigenvalue weighted by Crippen LogP contribution is -2.43. The van der Waals surface area contributed by atoms with E-state index < -0.39 is 12.0 Å². The molecule has 0 aliphatic heterocycles. The van der Waals surface area contributed by atoms with Gasteiger partial charge in [-0.25, -0.2) is 4.79 Å². The zero-order chi connectivity index (χ0) is 16.3. The molecule has 1 aromatic rings. The van der Waals surface area contributed by atoms with E-state index in [0.29, 0.717) is 6.42 Å². The summed E-state index contributed by atoms with van der Waals surface area (Å²) in [7, 11) is 1.35. The summed E-state index contributed by atoms with van der Waals surface area (Å²) in [4.78, 5) is 23.8. The van der Waals surface area contributed by atoms with Gasteiger partial charge in [0, 0.05) is 12.3 Å². The van der Waals surface area contributed by atoms with Crippen molar-refractivity contribution in [2.75, 3.05) is 7.11 Å². The van der Waals surface area contributed by atoms with E-state index in [2.05, 4.69) is 38.2 Å². The molecule has 0 unspecified atom stereocenters. The Hall–Kier alpha value is -1.84. The Balaban J connectivity index is 2.05. The largest absolute Gasteiger partial charge is 0.467 e. The first-order valence-corrected chi connectivity index (χ1v) is 7.79. The summed E-state index contributed by atoms with van der Waals surface area (Å²) in [6.45, 7) is 6.49. The molecule has 120 valence electrons. The van der Waals surface area contributed by atoms with Crippen molar-refractivity contribution in [3.05, 3.63) is 35.4 Å². The SMILES string of the molecule is COC(=O)[C@H](Cc1ccc(C(C)(C)C)cc1)NC(=O)C1CC1. The maximum atomic E-state index is 11.9. The topological polar surface area (TPSA) is 55.4 Å². The van der Waals surface area contributed by atoms with Gasteiger partial charge in [-0.15, -0.1) is 0 Å². The van der Waals surface area contributed by atoms with Crippen LogP contribution in [0.3, 0.4) is 0 Å². The van der Waals surface area contributed by atoms with Crippen molar-refractivity contribution < 1.29 is 14.3 Å². The van der Waals surface area contributed by atoms with Crippen LogP contribution >= 0.6 is 0 Å². The molecule has 4 heteroatoms. The zero-order valence-electron chi connectivity index (χ0n) is 13.8. The van der Waals surface area contributed by atoms with E-state index in [1.54, 1.807) is 0 Å². The van der Waals surface area contributed by atoms with Gasteiger partial charge >= 0.3 is 5.97 Å². The second-order valence-electron chi connectivity index (χ2n) is 7.01. The number of rotatable bonds is 5. The highest BCUT2D eigenvalue weighted by Crippen LogP contribution is 2.29. The smallest absolute Gasteiger partial charge is 0.328 e. The van der Waals surface area contributed by atoms with Crippen LogP contribution in [-0.4, -0.2) is 25.0 Å². The number of carbonyl (C=O) groups excluding carboxylic acids is 2. The standard InChI is InChI=1S/C18H25NO3/c1-18(2,3)14-9-5-12(6-10-14)11-15(17(21)22-4)19-16(20)13-7-8-13/h5-6,9-10,13,15H,7-8,11H2,1-4H3,(H,19,20)/t15-/m0/s1. The van der Waals surface area contributed by atoms with Gasteiger partial charge in [-0.05, 0) is 29.4 Å². The summed E-state index contributed by atoms with van der Waals surface area (Å²) in [5.41, 5.74) is 2.35. The maximum absolute atomic E-state index is 11.9. The molecule has 1 N–H and O–H groups in total. The van der Waals surface area contributed by atoms with Gasteiger partial charge in [0.15, 0.2) is 0 Å². The average molecular weight is 303 g/mol. The highest BCUT2D eigenvalue weighted by Gasteiger charge is 2.33. The number of carbonyl (C=O) groups is 2. The second kappa shape index (κ2) is 6.51. The fourth-order valence-corrected chi connectivity index (χ4v) is 2.35. The Kier molecular flexibility index (Phi) is 4.89. The molecular formula is C18H25NO3. The number of amides is 1. The lowest BCUT2D eigenvalue weighted by Gasteiger charge is -2.20. The van der Waals surface area contributed by atoms with Crippen molar-refractivity contribution in [1.82, 2.24) is 5.32 Å². The van der Waals surface area contributed by atoms with Crippen LogP contribution in [0.2, 0.25) is 0 Å². The molecule has 0 aromatic heterocycles. The number of nitrogens with one attached hydrogen (secondary N) is 1. The first-order valence-electron chi connectivity index (χ1n) is 7.79. The first-order chi connectivity index (χ1) is 10.3. The predicted molar refractivity (Wildman–Crippen MR) is 85.5 cm³/mol. The van der Waals surface area contributed by atoms with Crippen molar-refractivity contribution in [2.24, 2.45) is 5.92 Å². The normalized spacial score (nSPS) is 16.0.